The Morgan fingerprint density at radius 2 is 2.16 bits per heavy atom. The highest BCUT2D eigenvalue weighted by Crippen LogP contribution is 2.34. The number of nitrogens with one attached hydrogen (secondary N) is 1. The highest BCUT2D eigenvalue weighted by molar-refractivity contribution is 5.68. The maximum atomic E-state index is 11.1. The molecule has 0 atom stereocenters. The van der Waals surface area contributed by atoms with E-state index in [1.54, 1.807) is 18.2 Å². The van der Waals surface area contributed by atoms with Gasteiger partial charge in [0, 0.05) is 19.1 Å². The van der Waals surface area contributed by atoms with E-state index in [9.17, 15) is 10.1 Å². The van der Waals surface area contributed by atoms with Crippen LogP contribution in [0.25, 0.3) is 0 Å². The zero-order chi connectivity index (χ0) is 14.4. The van der Waals surface area contributed by atoms with Crippen molar-refractivity contribution in [3.63, 3.8) is 0 Å². The van der Waals surface area contributed by atoms with Gasteiger partial charge < -0.3 is 15.0 Å². The first-order valence-electron chi connectivity index (χ1n) is 6.23. The fourth-order valence-electron chi connectivity index (χ4n) is 1.64. The number of rotatable bonds is 7. The van der Waals surface area contributed by atoms with Crippen LogP contribution >= 0.6 is 0 Å². The molecule has 0 heterocycles. The average Bonchev–Trinajstić information content (AvgIpc) is 2.37. The second kappa shape index (κ2) is 6.94. The number of nitro benzene ring substituents is 1. The molecule has 0 aromatic heterocycles. The summed E-state index contributed by atoms with van der Waals surface area (Å²) >= 11 is 0. The third-order valence-electron chi connectivity index (χ3n) is 3.06. The summed E-state index contributed by atoms with van der Waals surface area (Å²) in [6.07, 6.45) is 0. The van der Waals surface area contributed by atoms with Crippen LogP contribution in [-0.2, 0) is 0 Å². The normalized spacial score (nSPS) is 10.8. The summed E-state index contributed by atoms with van der Waals surface area (Å²) in [7, 11) is 3.45. The number of para-hydroxylation sites is 1. The number of hydrogen-bond acceptors (Lipinski definition) is 5. The van der Waals surface area contributed by atoms with E-state index >= 15 is 0 Å². The third kappa shape index (κ3) is 4.10. The van der Waals surface area contributed by atoms with Crippen molar-refractivity contribution in [1.82, 2.24) is 4.90 Å². The van der Waals surface area contributed by atoms with Crippen LogP contribution in [0.2, 0.25) is 0 Å². The highest BCUT2D eigenvalue weighted by atomic mass is 16.6. The van der Waals surface area contributed by atoms with Gasteiger partial charge in [-0.1, -0.05) is 6.07 Å². The van der Waals surface area contributed by atoms with Gasteiger partial charge in [0.2, 0.25) is 0 Å². The van der Waals surface area contributed by atoms with Gasteiger partial charge in [0.1, 0.15) is 5.69 Å². The van der Waals surface area contributed by atoms with E-state index < -0.39 is 4.92 Å². The Kier molecular flexibility index (Phi) is 5.57. The Morgan fingerprint density at radius 3 is 2.68 bits per heavy atom. The first kappa shape index (κ1) is 15.2. The number of ether oxygens (including phenoxy) is 1. The molecule has 1 rings (SSSR count). The minimum atomic E-state index is -0.423. The summed E-state index contributed by atoms with van der Waals surface area (Å²) in [6.45, 7) is 5.66. The fourth-order valence-corrected chi connectivity index (χ4v) is 1.64. The standard InChI is InChI=1S/C13H21N3O3/c1-10(2)15(3)9-8-14-11-6-5-7-12(19-4)13(11)16(17)18/h5-7,10,14H,8-9H2,1-4H3. The number of nitro groups is 1. The van der Waals surface area contributed by atoms with Crippen LogP contribution < -0.4 is 10.1 Å². The van der Waals surface area contributed by atoms with Crippen molar-refractivity contribution < 1.29 is 9.66 Å². The van der Waals surface area contributed by atoms with E-state index in [2.05, 4.69) is 24.1 Å². The molecule has 1 aromatic rings. The maximum absolute atomic E-state index is 11.1. The van der Waals surface area contributed by atoms with Crippen LogP contribution in [0.4, 0.5) is 11.4 Å². The van der Waals surface area contributed by atoms with E-state index in [0.717, 1.165) is 6.54 Å². The number of likely N-dealkylation sites (N-methyl/N-ethyl adjacent to an activating group) is 1. The van der Waals surface area contributed by atoms with E-state index in [1.165, 1.54) is 7.11 Å². The molecule has 0 aliphatic carbocycles. The molecule has 19 heavy (non-hydrogen) atoms. The van der Waals surface area contributed by atoms with Crippen LogP contribution in [0.15, 0.2) is 18.2 Å². The molecule has 1 N–H and O–H groups in total. The lowest BCUT2D eigenvalue weighted by Crippen LogP contribution is -2.31. The number of methoxy groups -OCH3 is 1. The van der Waals surface area contributed by atoms with Crippen molar-refractivity contribution in [2.75, 3.05) is 32.6 Å². The molecule has 0 aliphatic rings. The second-order valence-corrected chi connectivity index (χ2v) is 4.61. The van der Waals surface area contributed by atoms with Gasteiger partial charge in [0.05, 0.1) is 12.0 Å². The molecule has 0 saturated heterocycles. The van der Waals surface area contributed by atoms with Gasteiger partial charge in [-0.05, 0) is 33.0 Å². The first-order valence-corrected chi connectivity index (χ1v) is 6.23. The van der Waals surface area contributed by atoms with Crippen LogP contribution in [0.5, 0.6) is 5.75 Å². The largest absolute Gasteiger partial charge is 0.490 e. The Morgan fingerprint density at radius 1 is 1.47 bits per heavy atom. The molecule has 106 valence electrons. The molecule has 0 amide bonds. The third-order valence-corrected chi connectivity index (χ3v) is 3.06. The molecular formula is C13H21N3O3. The molecular weight excluding hydrogens is 246 g/mol. The fraction of sp³-hybridized carbons (Fsp3) is 0.538. The number of anilines is 1. The van der Waals surface area contributed by atoms with Crippen LogP contribution in [0.3, 0.4) is 0 Å². The van der Waals surface area contributed by atoms with Gasteiger partial charge in [-0.25, -0.2) is 0 Å². The van der Waals surface area contributed by atoms with Gasteiger partial charge in [0.25, 0.3) is 0 Å². The van der Waals surface area contributed by atoms with Gasteiger partial charge in [0.15, 0.2) is 5.75 Å². The van der Waals surface area contributed by atoms with E-state index in [-0.39, 0.29) is 11.4 Å². The topological polar surface area (TPSA) is 67.6 Å². The zero-order valence-electron chi connectivity index (χ0n) is 11.8. The smallest absolute Gasteiger partial charge is 0.333 e. The van der Waals surface area contributed by atoms with Gasteiger partial charge in [-0.3, -0.25) is 10.1 Å². The summed E-state index contributed by atoms with van der Waals surface area (Å²) in [6, 6.07) is 5.46. The number of nitrogens with zero attached hydrogens (tertiary/aromatic N) is 2. The summed E-state index contributed by atoms with van der Waals surface area (Å²) in [5, 5.41) is 14.2. The monoisotopic (exact) mass is 267 g/mol. The van der Waals surface area contributed by atoms with Crippen molar-refractivity contribution in [1.29, 1.82) is 0 Å². The lowest BCUT2D eigenvalue weighted by atomic mass is 10.2. The Hall–Kier alpha value is -1.82. The van der Waals surface area contributed by atoms with Gasteiger partial charge >= 0.3 is 5.69 Å². The van der Waals surface area contributed by atoms with Crippen molar-refractivity contribution in [2.24, 2.45) is 0 Å². The summed E-state index contributed by atoms with van der Waals surface area (Å²) in [4.78, 5) is 12.8. The molecule has 6 heteroatoms. The molecule has 0 unspecified atom stereocenters. The summed E-state index contributed by atoms with van der Waals surface area (Å²) in [5.74, 6) is 0.271. The van der Waals surface area contributed by atoms with E-state index in [4.69, 9.17) is 4.74 Å². The SMILES string of the molecule is COc1cccc(NCCN(C)C(C)C)c1[N+](=O)[O-]. The minimum Gasteiger partial charge on any atom is -0.490 e. The predicted molar refractivity (Wildman–Crippen MR) is 75.9 cm³/mol. The first-order chi connectivity index (χ1) is 8.97. The van der Waals surface area contributed by atoms with Gasteiger partial charge in [-0.2, -0.15) is 0 Å². The average molecular weight is 267 g/mol. The van der Waals surface area contributed by atoms with Gasteiger partial charge in [-0.15, -0.1) is 0 Å². The number of benzene rings is 1. The van der Waals surface area contributed by atoms with Crippen molar-refractivity contribution in [2.45, 2.75) is 19.9 Å². The Labute approximate surface area is 113 Å². The lowest BCUT2D eigenvalue weighted by Gasteiger charge is -2.21. The van der Waals surface area contributed by atoms with E-state index in [0.29, 0.717) is 18.3 Å². The van der Waals surface area contributed by atoms with Crippen molar-refractivity contribution in [3.05, 3.63) is 28.3 Å². The van der Waals surface area contributed by atoms with Crippen molar-refractivity contribution >= 4 is 11.4 Å². The summed E-state index contributed by atoms with van der Waals surface area (Å²) < 4.78 is 5.02. The molecule has 0 fully saturated rings. The molecule has 6 nitrogen and oxygen atoms in total. The molecule has 0 radical (unpaired) electrons. The maximum Gasteiger partial charge on any atom is 0.333 e. The van der Waals surface area contributed by atoms with E-state index in [1.807, 2.05) is 7.05 Å². The Bertz CT molecular complexity index is 435. The number of hydrogen-bond donors (Lipinski definition) is 1. The predicted octanol–water partition coefficient (Wildman–Crippen LogP) is 2.36. The lowest BCUT2D eigenvalue weighted by molar-refractivity contribution is -0.384. The molecule has 0 aliphatic heterocycles. The molecule has 0 bridgehead atoms. The zero-order valence-corrected chi connectivity index (χ0v) is 11.8. The molecule has 0 saturated carbocycles. The van der Waals surface area contributed by atoms with Crippen molar-refractivity contribution in [3.8, 4) is 5.75 Å². The quantitative estimate of drug-likeness (QED) is 0.606. The van der Waals surface area contributed by atoms with Crippen LogP contribution in [-0.4, -0.2) is 43.1 Å². The van der Waals surface area contributed by atoms with Crippen LogP contribution in [0.1, 0.15) is 13.8 Å². The minimum absolute atomic E-state index is 0.0165. The second-order valence-electron chi connectivity index (χ2n) is 4.61. The molecule has 0 spiro atoms. The molecule has 1 aromatic carbocycles. The van der Waals surface area contributed by atoms with Crippen LogP contribution in [0, 0.1) is 10.1 Å². The summed E-state index contributed by atoms with van der Waals surface area (Å²) in [5.41, 5.74) is 0.471. The Balaban J connectivity index is 2.75. The highest BCUT2D eigenvalue weighted by Gasteiger charge is 2.20.